The summed E-state index contributed by atoms with van der Waals surface area (Å²) in [5, 5.41) is 0. The molecule has 1 atom stereocenters. The van der Waals surface area contributed by atoms with Crippen LogP contribution in [0, 0.1) is 11.3 Å². The lowest BCUT2D eigenvalue weighted by molar-refractivity contribution is -0.133. The summed E-state index contributed by atoms with van der Waals surface area (Å²) in [6, 6.07) is -0.309. The first-order valence-corrected chi connectivity index (χ1v) is 6.86. The van der Waals surface area contributed by atoms with Crippen LogP contribution in [0.15, 0.2) is 0 Å². The van der Waals surface area contributed by atoms with E-state index in [1.54, 1.807) is 0 Å². The number of nitrogens with two attached hydrogens (primary N) is 1. The molecule has 0 aromatic heterocycles. The van der Waals surface area contributed by atoms with Crippen molar-refractivity contribution < 1.29 is 4.79 Å². The number of nitrogens with zero attached hydrogens (tertiary/aromatic N) is 1. The van der Waals surface area contributed by atoms with E-state index in [2.05, 4.69) is 27.7 Å². The summed E-state index contributed by atoms with van der Waals surface area (Å²) in [5.41, 5.74) is 6.35. The maximum atomic E-state index is 12.2. The Morgan fingerprint density at radius 1 is 1.28 bits per heavy atom. The van der Waals surface area contributed by atoms with E-state index >= 15 is 0 Å². The Hall–Kier alpha value is -0.280. The number of halogens is 1. The van der Waals surface area contributed by atoms with Crippen LogP contribution < -0.4 is 5.73 Å². The molecular formula is C14H29ClN2O. The Kier molecular flexibility index (Phi) is 7.23. The topological polar surface area (TPSA) is 46.3 Å². The van der Waals surface area contributed by atoms with Gasteiger partial charge in [0, 0.05) is 13.1 Å². The minimum absolute atomic E-state index is 0. The molecule has 0 radical (unpaired) electrons. The lowest BCUT2D eigenvalue weighted by Gasteiger charge is -2.26. The molecule has 108 valence electrons. The van der Waals surface area contributed by atoms with E-state index in [1.165, 1.54) is 6.42 Å². The van der Waals surface area contributed by atoms with Crippen molar-refractivity contribution in [3.8, 4) is 0 Å². The van der Waals surface area contributed by atoms with Crippen LogP contribution in [-0.2, 0) is 4.79 Å². The predicted octanol–water partition coefficient (Wildman–Crippen LogP) is 2.82. The quantitative estimate of drug-likeness (QED) is 0.862. The van der Waals surface area contributed by atoms with Crippen molar-refractivity contribution in [2.75, 3.05) is 13.1 Å². The van der Waals surface area contributed by atoms with Gasteiger partial charge >= 0.3 is 0 Å². The van der Waals surface area contributed by atoms with Gasteiger partial charge in [-0.1, -0.05) is 27.7 Å². The number of hydrogen-bond acceptors (Lipinski definition) is 2. The van der Waals surface area contributed by atoms with Gasteiger partial charge in [0.05, 0.1) is 6.04 Å². The van der Waals surface area contributed by atoms with Gasteiger partial charge in [0.2, 0.25) is 5.91 Å². The highest BCUT2D eigenvalue weighted by molar-refractivity contribution is 5.85. The van der Waals surface area contributed by atoms with Crippen LogP contribution in [0.4, 0.5) is 0 Å². The van der Waals surface area contributed by atoms with Gasteiger partial charge in [-0.2, -0.15) is 0 Å². The molecule has 2 N–H and O–H groups in total. The van der Waals surface area contributed by atoms with E-state index in [-0.39, 0.29) is 24.4 Å². The first-order chi connectivity index (χ1) is 7.82. The smallest absolute Gasteiger partial charge is 0.239 e. The van der Waals surface area contributed by atoms with E-state index in [9.17, 15) is 4.79 Å². The largest absolute Gasteiger partial charge is 0.341 e. The fourth-order valence-corrected chi connectivity index (χ4v) is 2.49. The molecular weight excluding hydrogens is 248 g/mol. The average Bonchev–Trinajstić information content (AvgIpc) is 2.37. The first-order valence-electron chi connectivity index (χ1n) is 6.86. The zero-order valence-corrected chi connectivity index (χ0v) is 13.1. The average molecular weight is 277 g/mol. The second-order valence-corrected chi connectivity index (χ2v) is 6.58. The third-order valence-corrected chi connectivity index (χ3v) is 3.69. The summed E-state index contributed by atoms with van der Waals surface area (Å²) in [6.07, 6.45) is 4.19. The number of carbonyl (C=O) groups excluding carboxylic acids is 1. The zero-order chi connectivity index (χ0) is 13.1. The summed E-state index contributed by atoms with van der Waals surface area (Å²) in [7, 11) is 0. The Morgan fingerprint density at radius 2 is 1.89 bits per heavy atom. The van der Waals surface area contributed by atoms with Crippen LogP contribution in [0.5, 0.6) is 0 Å². The molecule has 0 unspecified atom stereocenters. The molecule has 18 heavy (non-hydrogen) atoms. The summed E-state index contributed by atoms with van der Waals surface area (Å²) in [4.78, 5) is 14.2. The Balaban J connectivity index is 0.00000289. The van der Waals surface area contributed by atoms with Gasteiger partial charge in [-0.15, -0.1) is 12.4 Å². The summed E-state index contributed by atoms with van der Waals surface area (Å²) in [6.45, 7) is 10.5. The predicted molar refractivity (Wildman–Crippen MR) is 78.9 cm³/mol. The lowest BCUT2D eigenvalue weighted by Crippen LogP contribution is -2.44. The maximum absolute atomic E-state index is 12.2. The molecule has 1 heterocycles. The second kappa shape index (κ2) is 7.34. The first kappa shape index (κ1) is 17.7. The van der Waals surface area contributed by atoms with Gasteiger partial charge in [0.15, 0.2) is 0 Å². The Bertz CT molecular complexity index is 267. The molecule has 0 aromatic carbocycles. The van der Waals surface area contributed by atoms with Crippen molar-refractivity contribution in [2.24, 2.45) is 17.1 Å². The molecule has 1 fully saturated rings. The van der Waals surface area contributed by atoms with Crippen LogP contribution in [0.1, 0.15) is 53.4 Å². The van der Waals surface area contributed by atoms with E-state index < -0.39 is 0 Å². The van der Waals surface area contributed by atoms with Crippen LogP contribution in [0.3, 0.4) is 0 Å². The van der Waals surface area contributed by atoms with E-state index in [0.717, 1.165) is 32.4 Å². The number of likely N-dealkylation sites (tertiary alicyclic amines) is 1. The minimum atomic E-state index is -0.309. The van der Waals surface area contributed by atoms with E-state index in [0.29, 0.717) is 11.3 Å². The summed E-state index contributed by atoms with van der Waals surface area (Å²) >= 11 is 0. The molecule has 0 saturated carbocycles. The highest BCUT2D eigenvalue weighted by Crippen LogP contribution is 2.29. The molecule has 1 aliphatic heterocycles. The number of hydrogen-bond donors (Lipinski definition) is 1. The minimum Gasteiger partial charge on any atom is -0.341 e. The Morgan fingerprint density at radius 3 is 2.44 bits per heavy atom. The van der Waals surface area contributed by atoms with Crippen molar-refractivity contribution in [1.29, 1.82) is 0 Å². The summed E-state index contributed by atoms with van der Waals surface area (Å²) < 4.78 is 0. The molecule has 0 aromatic rings. The highest BCUT2D eigenvalue weighted by Gasteiger charge is 2.27. The second-order valence-electron chi connectivity index (χ2n) is 6.58. The van der Waals surface area contributed by atoms with Crippen molar-refractivity contribution >= 4 is 18.3 Å². The van der Waals surface area contributed by atoms with Crippen molar-refractivity contribution in [3.05, 3.63) is 0 Å². The molecule has 1 aliphatic rings. The number of carbonyl (C=O) groups is 1. The molecule has 0 aliphatic carbocycles. The van der Waals surface area contributed by atoms with Crippen LogP contribution in [0.2, 0.25) is 0 Å². The van der Waals surface area contributed by atoms with Gasteiger partial charge in [-0.05, 0) is 37.0 Å². The fourth-order valence-electron chi connectivity index (χ4n) is 2.49. The van der Waals surface area contributed by atoms with Crippen LogP contribution in [-0.4, -0.2) is 29.9 Å². The van der Waals surface area contributed by atoms with Crippen LogP contribution in [0.25, 0.3) is 0 Å². The number of rotatable bonds is 3. The zero-order valence-electron chi connectivity index (χ0n) is 12.2. The third kappa shape index (κ3) is 5.57. The van der Waals surface area contributed by atoms with Crippen molar-refractivity contribution in [1.82, 2.24) is 4.90 Å². The molecule has 1 rings (SSSR count). The standard InChI is InChI=1S/C14H28N2O.ClH/c1-11(2)10-12(15)13(17)16-8-5-6-14(3,4)7-9-16;/h11-12H,5-10,15H2,1-4H3;1H/t12-;/m0./s1. The Labute approximate surface area is 118 Å². The molecule has 1 amide bonds. The van der Waals surface area contributed by atoms with E-state index in [1.807, 2.05) is 4.90 Å². The van der Waals surface area contributed by atoms with Gasteiger partial charge in [-0.25, -0.2) is 0 Å². The summed E-state index contributed by atoms with van der Waals surface area (Å²) in [5.74, 6) is 0.633. The molecule has 1 saturated heterocycles. The van der Waals surface area contributed by atoms with Gasteiger partial charge in [0.1, 0.15) is 0 Å². The molecule has 0 bridgehead atoms. The van der Waals surface area contributed by atoms with Crippen molar-refractivity contribution in [3.63, 3.8) is 0 Å². The van der Waals surface area contributed by atoms with Gasteiger partial charge in [-0.3, -0.25) is 4.79 Å². The number of amides is 1. The highest BCUT2D eigenvalue weighted by atomic mass is 35.5. The third-order valence-electron chi connectivity index (χ3n) is 3.69. The van der Waals surface area contributed by atoms with Crippen LogP contribution >= 0.6 is 12.4 Å². The molecule has 4 heteroatoms. The monoisotopic (exact) mass is 276 g/mol. The maximum Gasteiger partial charge on any atom is 0.239 e. The molecule has 3 nitrogen and oxygen atoms in total. The molecule has 0 spiro atoms. The van der Waals surface area contributed by atoms with Crippen molar-refractivity contribution in [2.45, 2.75) is 59.4 Å². The van der Waals surface area contributed by atoms with Gasteiger partial charge < -0.3 is 10.6 Å². The van der Waals surface area contributed by atoms with E-state index in [4.69, 9.17) is 5.73 Å². The van der Waals surface area contributed by atoms with Gasteiger partial charge in [0.25, 0.3) is 0 Å². The fraction of sp³-hybridized carbons (Fsp3) is 0.929. The SMILES string of the molecule is CC(C)C[C@H](N)C(=O)N1CCCC(C)(C)CC1.Cl. The normalized spacial score (nSPS) is 21.1. The lowest BCUT2D eigenvalue weighted by atomic mass is 9.85.